The van der Waals surface area contributed by atoms with E-state index in [4.69, 9.17) is 0 Å². The minimum atomic E-state index is -0.753. The Morgan fingerprint density at radius 2 is 1.65 bits per heavy atom. The zero-order chi connectivity index (χ0) is 23.9. The van der Waals surface area contributed by atoms with Crippen molar-refractivity contribution in [3.8, 4) is 23.0 Å². The molecular formula is C30H25F2NS. The third-order valence-electron chi connectivity index (χ3n) is 6.03. The molecule has 1 nitrogen and oxygen atoms in total. The van der Waals surface area contributed by atoms with Crippen LogP contribution in [0.2, 0.25) is 0 Å². The van der Waals surface area contributed by atoms with E-state index in [9.17, 15) is 8.78 Å². The second kappa shape index (κ2) is 11.2. The number of nitrogens with zero attached hydrogens (tertiary/aromatic N) is 1. The standard InChI is InChI=1S/C30H25F2NS/c1-2-3-4-5-21-6-8-22(9-7-21)10-11-23-12-13-25-17-26(15-14-24(25)16-23)27-18-28(31)30(33-20-34)29(32)19-27/h6-9,14-19H,2-5,12-13H2,1H3. The van der Waals surface area contributed by atoms with Crippen LogP contribution in [0.5, 0.6) is 0 Å². The van der Waals surface area contributed by atoms with Crippen LogP contribution in [-0.2, 0) is 12.8 Å². The summed E-state index contributed by atoms with van der Waals surface area (Å²) < 4.78 is 28.5. The molecule has 0 radical (unpaired) electrons. The first-order valence-electron chi connectivity index (χ1n) is 11.6. The predicted molar refractivity (Wildman–Crippen MR) is 139 cm³/mol. The highest BCUT2D eigenvalue weighted by Gasteiger charge is 2.14. The molecule has 0 aromatic heterocycles. The van der Waals surface area contributed by atoms with Gasteiger partial charge in [0.15, 0.2) is 11.6 Å². The van der Waals surface area contributed by atoms with Crippen LogP contribution in [0, 0.1) is 23.5 Å². The number of halogens is 2. The summed E-state index contributed by atoms with van der Waals surface area (Å²) in [6.07, 6.45) is 8.62. The van der Waals surface area contributed by atoms with Gasteiger partial charge >= 0.3 is 0 Å². The van der Waals surface area contributed by atoms with Crippen molar-refractivity contribution in [2.24, 2.45) is 4.99 Å². The molecular weight excluding hydrogens is 444 g/mol. The maximum Gasteiger partial charge on any atom is 0.153 e. The van der Waals surface area contributed by atoms with Crippen LogP contribution in [0.4, 0.5) is 14.5 Å². The Bertz CT molecular complexity index is 1310. The van der Waals surface area contributed by atoms with Crippen molar-refractivity contribution in [1.29, 1.82) is 0 Å². The van der Waals surface area contributed by atoms with Gasteiger partial charge in [-0.25, -0.2) is 8.78 Å². The topological polar surface area (TPSA) is 12.4 Å². The lowest BCUT2D eigenvalue weighted by atomic mass is 9.89. The Morgan fingerprint density at radius 1 is 0.882 bits per heavy atom. The third kappa shape index (κ3) is 5.75. The van der Waals surface area contributed by atoms with Crippen LogP contribution in [0.25, 0.3) is 17.2 Å². The molecule has 0 spiro atoms. The van der Waals surface area contributed by atoms with Gasteiger partial charge in [0.1, 0.15) is 5.69 Å². The highest BCUT2D eigenvalue weighted by Crippen LogP contribution is 2.32. The van der Waals surface area contributed by atoms with Crippen molar-refractivity contribution in [2.45, 2.75) is 45.4 Å². The number of benzene rings is 3. The molecule has 0 N–H and O–H groups in total. The maximum atomic E-state index is 14.2. The van der Waals surface area contributed by atoms with Crippen molar-refractivity contribution in [1.82, 2.24) is 0 Å². The second-order valence-corrected chi connectivity index (χ2v) is 8.66. The number of hydrogen-bond acceptors (Lipinski definition) is 2. The first-order valence-corrected chi connectivity index (χ1v) is 12.0. The highest BCUT2D eigenvalue weighted by molar-refractivity contribution is 7.78. The summed E-state index contributed by atoms with van der Waals surface area (Å²) in [6.45, 7) is 2.22. The van der Waals surface area contributed by atoms with Gasteiger partial charge < -0.3 is 0 Å². The van der Waals surface area contributed by atoms with E-state index in [1.165, 1.54) is 37.0 Å². The molecule has 3 aromatic carbocycles. The highest BCUT2D eigenvalue weighted by atomic mass is 32.1. The first kappa shape index (κ1) is 23.8. The van der Waals surface area contributed by atoms with Crippen molar-refractivity contribution >= 4 is 29.1 Å². The quantitative estimate of drug-likeness (QED) is 0.153. The average molecular weight is 470 g/mol. The number of allylic oxidation sites excluding steroid dienone is 1. The number of thiocarbonyl (C=S) groups is 1. The lowest BCUT2D eigenvalue weighted by molar-refractivity contribution is 0.588. The smallest absolute Gasteiger partial charge is 0.153 e. The average Bonchev–Trinajstić information content (AvgIpc) is 2.85. The fraction of sp³-hybridized carbons (Fsp3) is 0.233. The van der Waals surface area contributed by atoms with Crippen LogP contribution in [-0.4, -0.2) is 5.16 Å². The van der Waals surface area contributed by atoms with Gasteiger partial charge in [0.05, 0.1) is 5.16 Å². The number of unbranched alkanes of at least 4 members (excludes halogenated alkanes) is 2. The zero-order valence-electron chi connectivity index (χ0n) is 19.1. The molecule has 0 amide bonds. The molecule has 1 aliphatic carbocycles. The molecule has 0 saturated heterocycles. The molecule has 0 atom stereocenters. The number of isothiocyanates is 1. The summed E-state index contributed by atoms with van der Waals surface area (Å²) in [5.74, 6) is 5.09. The zero-order valence-corrected chi connectivity index (χ0v) is 19.9. The molecule has 0 aliphatic heterocycles. The van der Waals surface area contributed by atoms with E-state index in [0.29, 0.717) is 5.56 Å². The Labute approximate surface area is 205 Å². The van der Waals surface area contributed by atoms with E-state index < -0.39 is 17.3 Å². The molecule has 0 bridgehead atoms. The minimum Gasteiger partial charge on any atom is -0.204 e. The van der Waals surface area contributed by atoms with Gasteiger partial charge in [0.2, 0.25) is 0 Å². The van der Waals surface area contributed by atoms with Gasteiger partial charge in [-0.05, 0) is 96.1 Å². The molecule has 1 aliphatic rings. The Morgan fingerprint density at radius 3 is 2.35 bits per heavy atom. The van der Waals surface area contributed by atoms with Gasteiger partial charge in [0, 0.05) is 11.1 Å². The van der Waals surface area contributed by atoms with Crippen molar-refractivity contribution in [3.05, 3.63) is 94.1 Å². The summed E-state index contributed by atoms with van der Waals surface area (Å²) in [6, 6.07) is 16.9. The van der Waals surface area contributed by atoms with E-state index in [1.54, 1.807) is 0 Å². The van der Waals surface area contributed by atoms with Gasteiger partial charge in [-0.1, -0.05) is 61.9 Å². The fourth-order valence-corrected chi connectivity index (χ4v) is 4.23. The molecule has 34 heavy (non-hydrogen) atoms. The molecule has 170 valence electrons. The molecule has 0 unspecified atom stereocenters. The summed E-state index contributed by atoms with van der Waals surface area (Å²) in [7, 11) is 0. The molecule has 0 fully saturated rings. The summed E-state index contributed by atoms with van der Waals surface area (Å²) >= 11 is 4.46. The van der Waals surface area contributed by atoms with Crippen molar-refractivity contribution in [2.75, 3.05) is 0 Å². The van der Waals surface area contributed by atoms with Crippen LogP contribution >= 0.6 is 12.2 Å². The van der Waals surface area contributed by atoms with E-state index >= 15 is 0 Å². The molecule has 0 heterocycles. The summed E-state index contributed by atoms with van der Waals surface area (Å²) in [4.78, 5) is 3.47. The van der Waals surface area contributed by atoms with Crippen LogP contribution < -0.4 is 0 Å². The molecule has 4 rings (SSSR count). The van der Waals surface area contributed by atoms with Crippen LogP contribution in [0.15, 0.2) is 65.2 Å². The Kier molecular flexibility index (Phi) is 7.80. The SMILES string of the molecule is CCCCCc1ccc(C#CC2=Cc3ccc(-c4cc(F)c(N=C=S)c(F)c4)cc3CC2)cc1. The second-order valence-electron chi connectivity index (χ2n) is 8.48. The molecule has 3 aromatic rings. The van der Waals surface area contributed by atoms with Gasteiger partial charge in [0.25, 0.3) is 0 Å². The number of aliphatic imine (C=N–C) groups is 1. The van der Waals surface area contributed by atoms with E-state index in [0.717, 1.165) is 47.1 Å². The molecule has 4 heteroatoms. The number of fused-ring (bicyclic) bond motifs is 1. The third-order valence-corrected chi connectivity index (χ3v) is 6.13. The van der Waals surface area contributed by atoms with E-state index in [2.05, 4.69) is 66.3 Å². The Hall–Kier alpha value is -3.38. The lowest BCUT2D eigenvalue weighted by Gasteiger charge is -2.15. The predicted octanol–water partition coefficient (Wildman–Crippen LogP) is 8.48. The van der Waals surface area contributed by atoms with E-state index in [1.807, 2.05) is 23.4 Å². The number of hydrogen-bond donors (Lipinski definition) is 0. The lowest BCUT2D eigenvalue weighted by Crippen LogP contribution is -1.99. The summed E-state index contributed by atoms with van der Waals surface area (Å²) in [5, 5.41) is 2.01. The first-order chi connectivity index (χ1) is 16.6. The normalized spacial score (nSPS) is 12.1. The van der Waals surface area contributed by atoms with Crippen LogP contribution in [0.1, 0.15) is 54.9 Å². The van der Waals surface area contributed by atoms with Gasteiger partial charge in [-0.2, -0.15) is 4.99 Å². The van der Waals surface area contributed by atoms with Crippen LogP contribution in [0.3, 0.4) is 0 Å². The fourth-order valence-electron chi connectivity index (χ4n) is 4.14. The monoisotopic (exact) mass is 469 g/mol. The van der Waals surface area contributed by atoms with E-state index in [-0.39, 0.29) is 0 Å². The minimum absolute atomic E-state index is 0.408. The van der Waals surface area contributed by atoms with Crippen molar-refractivity contribution in [3.63, 3.8) is 0 Å². The number of aryl methyl sites for hydroxylation is 2. The molecule has 0 saturated carbocycles. The largest absolute Gasteiger partial charge is 0.204 e. The van der Waals surface area contributed by atoms with Gasteiger partial charge in [-0.3, -0.25) is 0 Å². The Balaban J connectivity index is 1.50. The summed E-state index contributed by atoms with van der Waals surface area (Å²) in [5.41, 5.74) is 6.52. The van der Waals surface area contributed by atoms with Crippen molar-refractivity contribution < 1.29 is 8.78 Å². The number of rotatable bonds is 6. The van der Waals surface area contributed by atoms with Gasteiger partial charge in [-0.15, -0.1) is 0 Å². The maximum absolute atomic E-state index is 14.2.